The Morgan fingerprint density at radius 2 is 2.33 bits per heavy atom. The molecule has 0 atom stereocenters. The molecular formula is C8H15N3O. The van der Waals surface area contributed by atoms with Gasteiger partial charge in [0.1, 0.15) is 12.2 Å². The molecule has 4 heteroatoms. The van der Waals surface area contributed by atoms with Crippen molar-refractivity contribution >= 4 is 0 Å². The molecule has 0 saturated heterocycles. The van der Waals surface area contributed by atoms with Crippen LogP contribution >= 0.6 is 0 Å². The molecule has 0 aliphatic rings. The molecule has 1 N–H and O–H groups in total. The number of aliphatic hydroxyl groups excluding tert-OH is 1. The van der Waals surface area contributed by atoms with E-state index in [9.17, 15) is 0 Å². The van der Waals surface area contributed by atoms with Crippen LogP contribution in [0, 0.1) is 5.92 Å². The van der Waals surface area contributed by atoms with Crippen LogP contribution in [0.1, 0.15) is 19.7 Å². The fraction of sp³-hybridized carbons (Fsp3) is 0.750. The summed E-state index contributed by atoms with van der Waals surface area (Å²) in [5.41, 5.74) is 0. The Hall–Kier alpha value is -0.900. The first-order chi connectivity index (χ1) is 5.74. The monoisotopic (exact) mass is 169 g/mol. The van der Waals surface area contributed by atoms with Gasteiger partial charge in [-0.1, -0.05) is 13.8 Å². The van der Waals surface area contributed by atoms with E-state index in [2.05, 4.69) is 23.9 Å². The number of aromatic nitrogens is 3. The fourth-order valence-corrected chi connectivity index (χ4v) is 1.08. The first-order valence-corrected chi connectivity index (χ1v) is 4.21. The Morgan fingerprint density at radius 1 is 1.58 bits per heavy atom. The van der Waals surface area contributed by atoms with Crippen LogP contribution in [0.3, 0.4) is 0 Å². The molecule has 12 heavy (non-hydrogen) atoms. The van der Waals surface area contributed by atoms with Gasteiger partial charge in [0.25, 0.3) is 0 Å². The Bertz CT molecular complexity index is 232. The van der Waals surface area contributed by atoms with Gasteiger partial charge in [-0.2, -0.15) is 5.10 Å². The minimum absolute atomic E-state index is 0.136. The van der Waals surface area contributed by atoms with Crippen LogP contribution in [0.5, 0.6) is 0 Å². The maximum Gasteiger partial charge on any atom is 0.138 e. The third-order valence-electron chi connectivity index (χ3n) is 1.57. The summed E-state index contributed by atoms with van der Waals surface area (Å²) in [7, 11) is 0. The summed E-state index contributed by atoms with van der Waals surface area (Å²) in [6.45, 7) is 5.26. The number of aliphatic hydroxyl groups is 1. The molecule has 0 saturated carbocycles. The maximum atomic E-state index is 8.72. The third kappa shape index (κ3) is 2.30. The molecule has 0 bridgehead atoms. The zero-order valence-electron chi connectivity index (χ0n) is 7.56. The smallest absolute Gasteiger partial charge is 0.138 e. The van der Waals surface area contributed by atoms with Crippen LogP contribution in [0.2, 0.25) is 0 Å². The average molecular weight is 169 g/mol. The van der Waals surface area contributed by atoms with Gasteiger partial charge in [0, 0.05) is 13.0 Å². The van der Waals surface area contributed by atoms with Gasteiger partial charge in [-0.3, -0.25) is 0 Å². The second-order valence-electron chi connectivity index (χ2n) is 3.23. The van der Waals surface area contributed by atoms with E-state index in [-0.39, 0.29) is 6.61 Å². The number of rotatable bonds is 4. The van der Waals surface area contributed by atoms with Gasteiger partial charge in [0.05, 0.1) is 6.61 Å². The highest BCUT2D eigenvalue weighted by Crippen LogP contribution is 2.01. The first kappa shape index (κ1) is 9.19. The van der Waals surface area contributed by atoms with E-state index in [0.717, 1.165) is 12.4 Å². The summed E-state index contributed by atoms with van der Waals surface area (Å²) in [5.74, 6) is 1.43. The van der Waals surface area contributed by atoms with Crippen molar-refractivity contribution in [3.8, 4) is 0 Å². The van der Waals surface area contributed by atoms with E-state index < -0.39 is 0 Å². The van der Waals surface area contributed by atoms with Crippen molar-refractivity contribution in [1.82, 2.24) is 14.8 Å². The molecule has 0 aliphatic heterocycles. The molecule has 0 aromatic carbocycles. The molecule has 0 spiro atoms. The molecule has 1 aromatic rings. The summed E-state index contributed by atoms with van der Waals surface area (Å²) >= 11 is 0. The Labute approximate surface area is 72.2 Å². The lowest BCUT2D eigenvalue weighted by Crippen LogP contribution is -2.11. The summed E-state index contributed by atoms with van der Waals surface area (Å²) in [4.78, 5) is 4.05. The summed E-state index contributed by atoms with van der Waals surface area (Å²) in [5, 5.41) is 12.8. The standard InChI is InChI=1S/C8H15N3O/c1-7(2)5-11-8(3-4-12)9-6-10-11/h6-7,12H,3-5H2,1-2H3. The Kier molecular flexibility index (Phi) is 3.22. The average Bonchev–Trinajstić information content (AvgIpc) is 2.37. The van der Waals surface area contributed by atoms with Crippen molar-refractivity contribution < 1.29 is 5.11 Å². The quantitative estimate of drug-likeness (QED) is 0.712. The van der Waals surface area contributed by atoms with Crippen LogP contribution in [0.25, 0.3) is 0 Å². The van der Waals surface area contributed by atoms with Crippen molar-refractivity contribution in [3.63, 3.8) is 0 Å². The lowest BCUT2D eigenvalue weighted by atomic mass is 10.2. The molecule has 1 aromatic heterocycles. The van der Waals surface area contributed by atoms with Gasteiger partial charge in [0.2, 0.25) is 0 Å². The fourth-order valence-electron chi connectivity index (χ4n) is 1.08. The van der Waals surface area contributed by atoms with Gasteiger partial charge in [0.15, 0.2) is 0 Å². The molecule has 1 rings (SSSR count). The zero-order chi connectivity index (χ0) is 8.97. The number of hydrogen-bond donors (Lipinski definition) is 1. The largest absolute Gasteiger partial charge is 0.396 e. The van der Waals surface area contributed by atoms with Crippen molar-refractivity contribution in [3.05, 3.63) is 12.2 Å². The lowest BCUT2D eigenvalue weighted by Gasteiger charge is -2.06. The highest BCUT2D eigenvalue weighted by molar-refractivity contribution is 4.84. The molecule has 0 unspecified atom stereocenters. The highest BCUT2D eigenvalue weighted by atomic mass is 16.3. The van der Waals surface area contributed by atoms with E-state index in [1.54, 1.807) is 0 Å². The number of hydrogen-bond acceptors (Lipinski definition) is 3. The van der Waals surface area contributed by atoms with Crippen LogP contribution in [-0.2, 0) is 13.0 Å². The normalized spacial score (nSPS) is 11.0. The molecule has 0 aliphatic carbocycles. The molecule has 4 nitrogen and oxygen atoms in total. The van der Waals surface area contributed by atoms with Gasteiger partial charge in [-0.15, -0.1) is 0 Å². The molecule has 0 amide bonds. The SMILES string of the molecule is CC(C)Cn1ncnc1CCO. The summed E-state index contributed by atoms with van der Waals surface area (Å²) < 4.78 is 1.85. The van der Waals surface area contributed by atoms with Crippen molar-refractivity contribution in [2.45, 2.75) is 26.8 Å². The van der Waals surface area contributed by atoms with Crippen LogP contribution < -0.4 is 0 Å². The van der Waals surface area contributed by atoms with Gasteiger partial charge < -0.3 is 5.11 Å². The predicted molar refractivity (Wildman–Crippen MR) is 45.6 cm³/mol. The minimum atomic E-state index is 0.136. The first-order valence-electron chi connectivity index (χ1n) is 4.21. The van der Waals surface area contributed by atoms with E-state index in [4.69, 9.17) is 5.11 Å². The van der Waals surface area contributed by atoms with Crippen molar-refractivity contribution in [1.29, 1.82) is 0 Å². The van der Waals surface area contributed by atoms with Crippen LogP contribution in [-0.4, -0.2) is 26.5 Å². The summed E-state index contributed by atoms with van der Waals surface area (Å²) in [6.07, 6.45) is 2.13. The zero-order valence-corrected chi connectivity index (χ0v) is 7.56. The van der Waals surface area contributed by atoms with Crippen molar-refractivity contribution in [2.24, 2.45) is 5.92 Å². The van der Waals surface area contributed by atoms with E-state index in [1.807, 2.05) is 4.68 Å². The second-order valence-corrected chi connectivity index (χ2v) is 3.23. The third-order valence-corrected chi connectivity index (χ3v) is 1.57. The second kappa shape index (κ2) is 4.21. The molecular weight excluding hydrogens is 154 g/mol. The topological polar surface area (TPSA) is 50.9 Å². The van der Waals surface area contributed by atoms with Crippen molar-refractivity contribution in [2.75, 3.05) is 6.61 Å². The summed E-state index contributed by atoms with van der Waals surface area (Å²) in [6, 6.07) is 0. The van der Waals surface area contributed by atoms with Gasteiger partial charge in [-0.25, -0.2) is 9.67 Å². The molecule has 0 fully saturated rings. The van der Waals surface area contributed by atoms with E-state index in [0.29, 0.717) is 12.3 Å². The maximum absolute atomic E-state index is 8.72. The molecule has 1 heterocycles. The Morgan fingerprint density at radius 3 is 2.92 bits per heavy atom. The minimum Gasteiger partial charge on any atom is -0.396 e. The Balaban J connectivity index is 2.63. The lowest BCUT2D eigenvalue weighted by molar-refractivity contribution is 0.292. The number of nitrogens with zero attached hydrogens (tertiary/aromatic N) is 3. The van der Waals surface area contributed by atoms with Crippen LogP contribution in [0.4, 0.5) is 0 Å². The predicted octanol–water partition coefficient (Wildman–Crippen LogP) is 0.469. The molecule has 68 valence electrons. The van der Waals surface area contributed by atoms with Gasteiger partial charge >= 0.3 is 0 Å². The van der Waals surface area contributed by atoms with E-state index in [1.165, 1.54) is 6.33 Å². The van der Waals surface area contributed by atoms with Gasteiger partial charge in [-0.05, 0) is 5.92 Å². The highest BCUT2D eigenvalue weighted by Gasteiger charge is 2.04. The molecule has 0 radical (unpaired) electrons. The van der Waals surface area contributed by atoms with Crippen LogP contribution in [0.15, 0.2) is 6.33 Å². The van der Waals surface area contributed by atoms with E-state index >= 15 is 0 Å².